The third kappa shape index (κ3) is 6.38. The van der Waals surface area contributed by atoms with Crippen molar-refractivity contribution in [2.75, 3.05) is 6.61 Å². The summed E-state index contributed by atoms with van der Waals surface area (Å²) in [5.41, 5.74) is 5.67. The van der Waals surface area contributed by atoms with Crippen LogP contribution in [-0.2, 0) is 4.79 Å². The second kappa shape index (κ2) is 9.03. The molecule has 124 valence electrons. The van der Waals surface area contributed by atoms with Crippen molar-refractivity contribution in [3.05, 3.63) is 69.7 Å². The molecule has 0 heterocycles. The number of ether oxygens (including phenoxy) is 1. The van der Waals surface area contributed by atoms with Gasteiger partial charge < -0.3 is 4.74 Å². The fourth-order valence-electron chi connectivity index (χ4n) is 2.11. The van der Waals surface area contributed by atoms with Gasteiger partial charge in [0.15, 0.2) is 6.61 Å². The third-order valence-corrected chi connectivity index (χ3v) is 3.48. The molecule has 0 aliphatic carbocycles. The molecule has 0 aromatic heterocycles. The van der Waals surface area contributed by atoms with Crippen LogP contribution in [0.4, 0.5) is 0 Å². The van der Waals surface area contributed by atoms with Crippen LogP contribution in [0.25, 0.3) is 6.08 Å². The molecule has 0 atom stereocenters. The van der Waals surface area contributed by atoms with E-state index in [0.29, 0.717) is 5.75 Å². The molecule has 0 spiro atoms. The lowest BCUT2D eigenvalue weighted by Crippen LogP contribution is -2.24. The number of rotatable bonds is 6. The molecular formula is C19H19BrN2O2. The first-order valence-corrected chi connectivity index (χ1v) is 8.27. The zero-order valence-corrected chi connectivity index (χ0v) is 15.2. The highest BCUT2D eigenvalue weighted by atomic mass is 79.9. The van der Waals surface area contributed by atoms with E-state index in [4.69, 9.17) is 4.74 Å². The zero-order valence-electron chi connectivity index (χ0n) is 13.6. The first kappa shape index (κ1) is 17.9. The van der Waals surface area contributed by atoms with Crippen LogP contribution >= 0.6 is 15.9 Å². The van der Waals surface area contributed by atoms with E-state index in [2.05, 4.69) is 26.5 Å². The lowest BCUT2D eigenvalue weighted by Gasteiger charge is -2.07. The van der Waals surface area contributed by atoms with E-state index in [1.807, 2.05) is 68.5 Å². The standard InChI is InChI=1S/C19H19BrN2O2/c1-14-8-15(2)10-18(9-14)24-13-19(23)22-21-12-17(20)11-16-6-4-3-5-7-16/h3-12H,13H2,1-2H3,(H,22,23)/b17-11-,21-12-. The van der Waals surface area contributed by atoms with Gasteiger partial charge in [0.25, 0.3) is 5.91 Å². The molecule has 0 aliphatic heterocycles. The van der Waals surface area contributed by atoms with Crippen molar-refractivity contribution < 1.29 is 9.53 Å². The van der Waals surface area contributed by atoms with Gasteiger partial charge in [0.05, 0.1) is 6.21 Å². The zero-order chi connectivity index (χ0) is 17.4. The van der Waals surface area contributed by atoms with Gasteiger partial charge in [0.1, 0.15) is 5.75 Å². The highest BCUT2D eigenvalue weighted by Crippen LogP contribution is 2.16. The van der Waals surface area contributed by atoms with Crippen LogP contribution in [0.15, 0.2) is 58.1 Å². The fourth-order valence-corrected chi connectivity index (χ4v) is 2.48. The van der Waals surface area contributed by atoms with Gasteiger partial charge in [-0.25, -0.2) is 5.43 Å². The molecule has 0 saturated carbocycles. The predicted molar refractivity (Wildman–Crippen MR) is 101 cm³/mol. The van der Waals surface area contributed by atoms with Crippen LogP contribution in [0.2, 0.25) is 0 Å². The van der Waals surface area contributed by atoms with Crippen molar-refractivity contribution in [3.8, 4) is 5.75 Å². The molecule has 0 saturated heterocycles. The van der Waals surface area contributed by atoms with Crippen LogP contribution < -0.4 is 10.2 Å². The van der Waals surface area contributed by atoms with Gasteiger partial charge in [-0.3, -0.25) is 4.79 Å². The Kier molecular flexibility index (Phi) is 6.75. The van der Waals surface area contributed by atoms with Gasteiger partial charge in [0, 0.05) is 4.48 Å². The normalized spacial score (nSPS) is 11.5. The van der Waals surface area contributed by atoms with Gasteiger partial charge in [-0.2, -0.15) is 5.10 Å². The average Bonchev–Trinajstić information content (AvgIpc) is 2.53. The molecule has 2 rings (SSSR count). The maximum Gasteiger partial charge on any atom is 0.277 e. The second-order valence-electron chi connectivity index (χ2n) is 5.35. The Morgan fingerprint density at radius 2 is 1.83 bits per heavy atom. The third-order valence-electron chi connectivity index (χ3n) is 3.05. The molecule has 5 heteroatoms. The lowest BCUT2D eigenvalue weighted by atomic mass is 10.1. The minimum Gasteiger partial charge on any atom is -0.484 e. The topological polar surface area (TPSA) is 50.7 Å². The quantitative estimate of drug-likeness (QED) is 0.596. The van der Waals surface area contributed by atoms with Crippen LogP contribution in [0.5, 0.6) is 5.75 Å². The number of halogens is 1. The minimum absolute atomic E-state index is 0.0831. The molecule has 1 amide bonds. The number of carbonyl (C=O) groups excluding carboxylic acids is 1. The first-order valence-electron chi connectivity index (χ1n) is 7.48. The number of carbonyl (C=O) groups is 1. The summed E-state index contributed by atoms with van der Waals surface area (Å²) in [5, 5.41) is 3.90. The number of hydrogen-bond acceptors (Lipinski definition) is 3. The number of hydrogen-bond donors (Lipinski definition) is 1. The summed E-state index contributed by atoms with van der Waals surface area (Å²) in [6, 6.07) is 15.6. The van der Waals surface area contributed by atoms with E-state index in [9.17, 15) is 4.79 Å². The van der Waals surface area contributed by atoms with Gasteiger partial charge in [0.2, 0.25) is 0 Å². The van der Waals surface area contributed by atoms with E-state index in [0.717, 1.165) is 21.2 Å². The Labute approximate surface area is 150 Å². The molecular weight excluding hydrogens is 368 g/mol. The Balaban J connectivity index is 1.81. The van der Waals surface area contributed by atoms with Crippen molar-refractivity contribution in [1.29, 1.82) is 0 Å². The van der Waals surface area contributed by atoms with Crippen LogP contribution in [-0.4, -0.2) is 18.7 Å². The van der Waals surface area contributed by atoms with Gasteiger partial charge in [-0.1, -0.05) is 36.4 Å². The molecule has 0 fully saturated rings. The van der Waals surface area contributed by atoms with Gasteiger partial charge >= 0.3 is 0 Å². The lowest BCUT2D eigenvalue weighted by molar-refractivity contribution is -0.123. The summed E-state index contributed by atoms with van der Waals surface area (Å²) in [7, 11) is 0. The second-order valence-corrected chi connectivity index (χ2v) is 6.26. The molecule has 0 aliphatic rings. The van der Waals surface area contributed by atoms with E-state index in [1.165, 1.54) is 6.21 Å². The molecule has 2 aromatic rings. The number of nitrogens with one attached hydrogen (secondary N) is 1. The molecule has 4 nitrogen and oxygen atoms in total. The van der Waals surface area contributed by atoms with Crippen LogP contribution in [0.3, 0.4) is 0 Å². The molecule has 0 unspecified atom stereocenters. The molecule has 1 N–H and O–H groups in total. The Morgan fingerprint density at radius 3 is 2.50 bits per heavy atom. The van der Waals surface area contributed by atoms with Crippen molar-refractivity contribution in [3.63, 3.8) is 0 Å². The monoisotopic (exact) mass is 386 g/mol. The summed E-state index contributed by atoms with van der Waals surface area (Å²) < 4.78 is 6.22. The summed E-state index contributed by atoms with van der Waals surface area (Å²) >= 11 is 3.39. The number of benzene rings is 2. The van der Waals surface area contributed by atoms with E-state index < -0.39 is 0 Å². The molecule has 0 bridgehead atoms. The van der Waals surface area contributed by atoms with E-state index in [-0.39, 0.29) is 12.5 Å². The minimum atomic E-state index is -0.314. The highest BCUT2D eigenvalue weighted by Gasteiger charge is 2.02. The maximum absolute atomic E-state index is 11.7. The van der Waals surface area contributed by atoms with E-state index in [1.54, 1.807) is 0 Å². The van der Waals surface area contributed by atoms with Gasteiger partial charge in [-0.15, -0.1) is 0 Å². The van der Waals surface area contributed by atoms with Crippen molar-refractivity contribution in [2.45, 2.75) is 13.8 Å². The summed E-state index contributed by atoms with van der Waals surface area (Å²) in [4.78, 5) is 11.7. The average molecular weight is 387 g/mol. The van der Waals surface area contributed by atoms with E-state index >= 15 is 0 Å². The molecule has 24 heavy (non-hydrogen) atoms. The summed E-state index contributed by atoms with van der Waals surface area (Å²) in [5.74, 6) is 0.363. The Hall–Kier alpha value is -2.40. The Bertz CT molecular complexity index is 735. The molecule has 0 radical (unpaired) electrons. The number of aryl methyl sites for hydroxylation is 2. The first-order chi connectivity index (χ1) is 11.5. The van der Waals surface area contributed by atoms with Crippen LogP contribution in [0.1, 0.15) is 16.7 Å². The van der Waals surface area contributed by atoms with Gasteiger partial charge in [-0.05, 0) is 64.7 Å². The summed E-state index contributed by atoms with van der Waals surface area (Å²) in [6.07, 6.45) is 3.43. The Morgan fingerprint density at radius 1 is 1.17 bits per heavy atom. The smallest absolute Gasteiger partial charge is 0.277 e. The number of allylic oxidation sites excluding steroid dienone is 1. The SMILES string of the molecule is Cc1cc(C)cc(OCC(=O)N/N=C\C(Br)=C\c2ccccc2)c1. The van der Waals surface area contributed by atoms with Crippen molar-refractivity contribution in [1.82, 2.24) is 5.43 Å². The summed E-state index contributed by atoms with van der Waals surface area (Å²) in [6.45, 7) is 3.89. The maximum atomic E-state index is 11.7. The predicted octanol–water partition coefficient (Wildman–Crippen LogP) is 4.22. The highest BCUT2D eigenvalue weighted by molar-refractivity contribution is 9.12. The number of amides is 1. The van der Waals surface area contributed by atoms with Crippen molar-refractivity contribution >= 4 is 34.1 Å². The van der Waals surface area contributed by atoms with Crippen LogP contribution in [0, 0.1) is 13.8 Å². The van der Waals surface area contributed by atoms with Crippen molar-refractivity contribution in [2.24, 2.45) is 5.10 Å². The molecule has 2 aromatic carbocycles. The largest absolute Gasteiger partial charge is 0.484 e. The number of nitrogens with zero attached hydrogens (tertiary/aromatic N) is 1. The number of hydrazone groups is 1. The fraction of sp³-hybridized carbons (Fsp3) is 0.158.